The zero-order valence-electron chi connectivity index (χ0n) is 15.7. The Labute approximate surface area is 187 Å². The van der Waals surface area contributed by atoms with Gasteiger partial charge in [-0.15, -0.1) is 0 Å². The lowest BCUT2D eigenvalue weighted by Crippen LogP contribution is -2.24. The van der Waals surface area contributed by atoms with Crippen LogP contribution in [0.5, 0.6) is 0 Å². The number of thiazole rings is 1. The molecule has 5 rings (SSSR count). The standard InChI is InChI=1S/C21H16Cl2N4O2S.H2/c22-11-9-13(23)18-16(10-11)30-21(25-18)26-20(29)19(28)17-12-3-1-2-4-14(12)27-8-7-24-6-5-15(17)27;/h1-4,9-10,24H,5-8H2,(H,25,26,29);1H. The summed E-state index contributed by atoms with van der Waals surface area (Å²) in [5, 5.41) is 7.98. The molecule has 0 saturated carbocycles. The van der Waals surface area contributed by atoms with Gasteiger partial charge in [-0.3, -0.25) is 14.9 Å². The summed E-state index contributed by atoms with van der Waals surface area (Å²) in [6.07, 6.45) is 0.679. The second-order valence-corrected chi connectivity index (χ2v) is 8.90. The summed E-state index contributed by atoms with van der Waals surface area (Å²) in [5.74, 6) is -1.28. The third-order valence-electron chi connectivity index (χ3n) is 5.20. The number of carbonyl (C=O) groups excluding carboxylic acids is 2. The summed E-state index contributed by atoms with van der Waals surface area (Å²) in [5.41, 5.74) is 2.87. The van der Waals surface area contributed by atoms with E-state index in [1.54, 1.807) is 12.1 Å². The van der Waals surface area contributed by atoms with Gasteiger partial charge in [-0.25, -0.2) is 4.98 Å². The lowest BCUT2D eigenvalue weighted by atomic mass is 10.0. The largest absolute Gasteiger partial charge is 0.343 e. The maximum absolute atomic E-state index is 13.2. The van der Waals surface area contributed by atoms with Crippen molar-refractivity contribution in [2.24, 2.45) is 0 Å². The maximum atomic E-state index is 13.2. The minimum absolute atomic E-state index is 0. The second kappa shape index (κ2) is 7.67. The molecule has 0 unspecified atom stereocenters. The Morgan fingerprint density at radius 2 is 2.03 bits per heavy atom. The van der Waals surface area contributed by atoms with Crippen LogP contribution in [0.1, 0.15) is 17.5 Å². The molecule has 2 aromatic heterocycles. The van der Waals surface area contributed by atoms with Gasteiger partial charge in [0.05, 0.1) is 15.3 Å². The van der Waals surface area contributed by atoms with Crippen molar-refractivity contribution in [1.29, 1.82) is 0 Å². The van der Waals surface area contributed by atoms with Crippen LogP contribution in [-0.2, 0) is 17.8 Å². The Morgan fingerprint density at radius 3 is 2.90 bits per heavy atom. The highest BCUT2D eigenvalue weighted by molar-refractivity contribution is 7.22. The van der Waals surface area contributed by atoms with E-state index in [-0.39, 0.29) is 1.43 Å². The summed E-state index contributed by atoms with van der Waals surface area (Å²) in [4.78, 5) is 30.5. The summed E-state index contributed by atoms with van der Waals surface area (Å²) in [6.45, 7) is 2.33. The van der Waals surface area contributed by atoms with Gasteiger partial charge >= 0.3 is 0 Å². The lowest BCUT2D eigenvalue weighted by molar-refractivity contribution is -0.112. The number of rotatable bonds is 3. The second-order valence-electron chi connectivity index (χ2n) is 7.03. The van der Waals surface area contributed by atoms with E-state index in [1.807, 2.05) is 24.3 Å². The van der Waals surface area contributed by atoms with Crippen LogP contribution >= 0.6 is 34.5 Å². The van der Waals surface area contributed by atoms with Gasteiger partial charge in [0, 0.05) is 49.1 Å². The minimum atomic E-state index is -0.715. The van der Waals surface area contributed by atoms with Crippen molar-refractivity contribution in [3.8, 4) is 0 Å². The van der Waals surface area contributed by atoms with E-state index >= 15 is 0 Å². The first-order chi connectivity index (χ1) is 14.5. The third-order valence-corrected chi connectivity index (χ3v) is 6.62. The van der Waals surface area contributed by atoms with E-state index in [0.29, 0.717) is 32.7 Å². The van der Waals surface area contributed by atoms with E-state index in [2.05, 4.69) is 20.2 Å². The van der Waals surface area contributed by atoms with Crippen LogP contribution in [0.3, 0.4) is 0 Å². The molecule has 3 heterocycles. The molecular weight excluding hydrogens is 443 g/mol. The fourth-order valence-electron chi connectivity index (χ4n) is 3.93. The van der Waals surface area contributed by atoms with E-state index in [1.165, 1.54) is 11.3 Å². The van der Waals surface area contributed by atoms with Crippen molar-refractivity contribution >= 4 is 72.5 Å². The molecule has 30 heavy (non-hydrogen) atoms. The SMILES string of the molecule is O=C(Nc1nc2c(Cl)cc(Cl)cc2s1)C(=O)c1c2n(c3ccccc13)CCNCC2.[HH]. The Kier molecular flexibility index (Phi) is 4.99. The number of amides is 1. The van der Waals surface area contributed by atoms with Gasteiger partial charge in [0.15, 0.2) is 5.13 Å². The summed E-state index contributed by atoms with van der Waals surface area (Å²) >= 11 is 13.5. The number of hydrogen-bond acceptors (Lipinski definition) is 5. The molecule has 1 aliphatic heterocycles. The lowest BCUT2D eigenvalue weighted by Gasteiger charge is -2.06. The molecule has 1 aliphatic rings. The Morgan fingerprint density at radius 1 is 1.20 bits per heavy atom. The zero-order valence-corrected chi connectivity index (χ0v) is 18.0. The molecule has 0 fully saturated rings. The average Bonchev–Trinajstić information content (AvgIpc) is 3.16. The highest BCUT2D eigenvalue weighted by Crippen LogP contribution is 2.34. The Hall–Kier alpha value is -2.45. The summed E-state index contributed by atoms with van der Waals surface area (Å²) in [7, 11) is 0. The minimum Gasteiger partial charge on any atom is -0.343 e. The third kappa shape index (κ3) is 3.28. The van der Waals surface area contributed by atoms with Crippen LogP contribution in [0, 0.1) is 0 Å². The summed E-state index contributed by atoms with van der Waals surface area (Å²) in [6, 6.07) is 11.0. The van der Waals surface area contributed by atoms with E-state index in [4.69, 9.17) is 23.2 Å². The van der Waals surface area contributed by atoms with Gasteiger partial charge in [0.25, 0.3) is 11.7 Å². The van der Waals surface area contributed by atoms with Crippen LogP contribution in [0.4, 0.5) is 5.13 Å². The molecule has 2 aromatic carbocycles. The van der Waals surface area contributed by atoms with Crippen LogP contribution in [-0.4, -0.2) is 34.3 Å². The first-order valence-corrected chi connectivity index (χ1v) is 11.0. The fraction of sp³-hybridized carbons (Fsp3) is 0.190. The van der Waals surface area contributed by atoms with Crippen molar-refractivity contribution in [2.45, 2.75) is 13.0 Å². The van der Waals surface area contributed by atoms with Gasteiger partial charge in [-0.1, -0.05) is 52.7 Å². The zero-order chi connectivity index (χ0) is 20.8. The molecule has 2 N–H and O–H groups in total. The predicted octanol–water partition coefficient (Wildman–Crippen LogP) is 4.77. The van der Waals surface area contributed by atoms with Crippen molar-refractivity contribution in [3.63, 3.8) is 0 Å². The fourth-order valence-corrected chi connectivity index (χ4v) is 5.51. The highest BCUT2D eigenvalue weighted by Gasteiger charge is 2.28. The smallest absolute Gasteiger partial charge is 0.298 e. The van der Waals surface area contributed by atoms with Gasteiger partial charge in [0.2, 0.25) is 0 Å². The maximum Gasteiger partial charge on any atom is 0.298 e. The number of halogens is 2. The molecule has 0 spiro atoms. The number of para-hydroxylation sites is 1. The number of aromatic nitrogens is 2. The number of benzene rings is 2. The molecular formula is C21H18Cl2N4O2S. The van der Waals surface area contributed by atoms with Crippen LogP contribution in [0.2, 0.25) is 10.0 Å². The molecule has 0 saturated heterocycles. The monoisotopic (exact) mass is 460 g/mol. The normalized spacial score (nSPS) is 13.9. The van der Waals surface area contributed by atoms with Crippen molar-refractivity contribution in [1.82, 2.24) is 14.9 Å². The first kappa shape index (κ1) is 19.5. The summed E-state index contributed by atoms with van der Waals surface area (Å²) < 4.78 is 2.87. The number of carbonyl (C=O) groups is 2. The molecule has 0 atom stereocenters. The Balaban J connectivity index is 0.00000231. The molecule has 0 aliphatic carbocycles. The number of ketones is 1. The molecule has 0 bridgehead atoms. The van der Waals surface area contributed by atoms with Gasteiger partial charge in [-0.2, -0.15) is 0 Å². The van der Waals surface area contributed by atoms with Crippen molar-refractivity contribution < 1.29 is 11.0 Å². The molecule has 6 nitrogen and oxygen atoms in total. The van der Waals surface area contributed by atoms with Crippen LogP contribution in [0.15, 0.2) is 36.4 Å². The quantitative estimate of drug-likeness (QED) is 0.341. The predicted molar refractivity (Wildman–Crippen MR) is 123 cm³/mol. The number of hydrogen-bond donors (Lipinski definition) is 2. The number of nitrogens with one attached hydrogen (secondary N) is 2. The van der Waals surface area contributed by atoms with E-state index in [0.717, 1.165) is 40.9 Å². The molecule has 0 radical (unpaired) electrons. The number of nitrogens with zero attached hydrogens (tertiary/aromatic N) is 2. The van der Waals surface area contributed by atoms with Crippen molar-refractivity contribution in [2.75, 3.05) is 18.4 Å². The topological polar surface area (TPSA) is 76.0 Å². The molecule has 1 amide bonds. The van der Waals surface area contributed by atoms with Crippen molar-refractivity contribution in [3.05, 3.63) is 57.7 Å². The van der Waals surface area contributed by atoms with E-state index in [9.17, 15) is 9.59 Å². The Bertz CT molecular complexity index is 1330. The van der Waals surface area contributed by atoms with Gasteiger partial charge in [-0.05, 0) is 18.2 Å². The molecule has 154 valence electrons. The number of Topliss-reactive ketones (excluding diaryl/α,β-unsaturated/α-hetero) is 1. The molecule has 9 heteroatoms. The highest BCUT2D eigenvalue weighted by atomic mass is 35.5. The van der Waals surface area contributed by atoms with E-state index < -0.39 is 11.7 Å². The number of anilines is 1. The average molecular weight is 461 g/mol. The first-order valence-electron chi connectivity index (χ1n) is 9.45. The number of fused-ring (bicyclic) bond motifs is 4. The van der Waals surface area contributed by atoms with Gasteiger partial charge in [0.1, 0.15) is 5.52 Å². The van der Waals surface area contributed by atoms with Gasteiger partial charge < -0.3 is 9.88 Å². The molecule has 4 aromatic rings. The van der Waals surface area contributed by atoms with Crippen LogP contribution in [0.25, 0.3) is 21.1 Å². The van der Waals surface area contributed by atoms with Crippen LogP contribution < -0.4 is 10.6 Å².